The Bertz CT molecular complexity index is 617. The van der Waals surface area contributed by atoms with E-state index in [9.17, 15) is 9.18 Å². The molecule has 0 radical (unpaired) electrons. The maximum absolute atomic E-state index is 14.1. The first kappa shape index (κ1) is 25.9. The zero-order valence-electron chi connectivity index (χ0n) is 21.7. The van der Waals surface area contributed by atoms with Crippen molar-refractivity contribution in [3.8, 4) is 0 Å². The topological polar surface area (TPSA) is 38.8 Å². The number of nitrogens with zero attached hydrogens (tertiary/aromatic N) is 3. The van der Waals surface area contributed by atoms with E-state index in [-0.39, 0.29) is 28.4 Å². The molecule has 1 unspecified atom stereocenters. The molecule has 0 aromatic carbocycles. The third-order valence-electron chi connectivity index (χ3n) is 9.33. The minimum absolute atomic E-state index is 0.00819. The molecule has 0 spiro atoms. The van der Waals surface area contributed by atoms with Gasteiger partial charge >= 0.3 is 0 Å². The zero-order chi connectivity index (χ0) is 23.6. The first-order valence-corrected chi connectivity index (χ1v) is 13.1. The number of nitrogens with one attached hydrogen (secondary N) is 1. The minimum Gasteiger partial charge on any atom is -0.359 e. The largest absolute Gasteiger partial charge is 0.359 e. The molecule has 0 aromatic rings. The normalized spacial score (nSPS) is 26.1. The van der Waals surface area contributed by atoms with Crippen LogP contribution in [0.3, 0.4) is 0 Å². The first-order valence-electron chi connectivity index (χ1n) is 13.1. The van der Waals surface area contributed by atoms with Crippen molar-refractivity contribution in [2.45, 2.75) is 109 Å². The molecule has 186 valence electrons. The Morgan fingerprint density at radius 1 is 0.812 bits per heavy atom. The van der Waals surface area contributed by atoms with E-state index >= 15 is 0 Å². The highest BCUT2D eigenvalue weighted by atomic mass is 19.1. The van der Waals surface area contributed by atoms with Crippen LogP contribution in [0.5, 0.6) is 0 Å². The van der Waals surface area contributed by atoms with Crippen molar-refractivity contribution in [1.29, 1.82) is 0 Å². The number of likely N-dealkylation sites (tertiary alicyclic amines) is 3. The Morgan fingerprint density at radius 2 is 1.34 bits per heavy atom. The fourth-order valence-electron chi connectivity index (χ4n) is 6.76. The van der Waals surface area contributed by atoms with E-state index in [4.69, 9.17) is 0 Å². The van der Waals surface area contributed by atoms with Gasteiger partial charge in [0.05, 0.1) is 0 Å². The Kier molecular flexibility index (Phi) is 8.31. The highest BCUT2D eigenvalue weighted by Crippen LogP contribution is 2.44. The second-order valence-corrected chi connectivity index (χ2v) is 11.9. The Hall–Kier alpha value is -0.720. The van der Waals surface area contributed by atoms with Gasteiger partial charge in [-0.25, -0.2) is 4.39 Å². The second kappa shape index (κ2) is 10.3. The number of carbonyl (C=O) groups is 1. The smallest absolute Gasteiger partial charge is 0.222 e. The van der Waals surface area contributed by atoms with E-state index in [1.807, 2.05) is 0 Å². The zero-order valence-corrected chi connectivity index (χ0v) is 21.7. The molecule has 0 bridgehead atoms. The van der Waals surface area contributed by atoms with Gasteiger partial charge in [-0.1, -0.05) is 6.42 Å². The average Bonchev–Trinajstić information content (AvgIpc) is 2.79. The van der Waals surface area contributed by atoms with Crippen LogP contribution in [0.25, 0.3) is 0 Å². The minimum atomic E-state index is -0.648. The number of hydrogen-bond acceptors (Lipinski definition) is 4. The third-order valence-corrected chi connectivity index (χ3v) is 9.33. The SMILES string of the molecule is CNC(=O)C1CCN(C(C)(C)CC(C)(N2CCC(F)CC2)C(C)(C)N2CCCCC2)CC1. The van der Waals surface area contributed by atoms with E-state index in [1.54, 1.807) is 7.05 Å². The van der Waals surface area contributed by atoms with E-state index in [0.717, 1.165) is 45.4 Å². The highest BCUT2D eigenvalue weighted by molar-refractivity contribution is 5.78. The first-order chi connectivity index (χ1) is 15.0. The van der Waals surface area contributed by atoms with Gasteiger partial charge in [-0.3, -0.25) is 19.5 Å². The van der Waals surface area contributed by atoms with Gasteiger partial charge in [0.2, 0.25) is 5.91 Å². The monoisotopic (exact) mass is 452 g/mol. The summed E-state index contributed by atoms with van der Waals surface area (Å²) < 4.78 is 14.1. The van der Waals surface area contributed by atoms with Crippen LogP contribution < -0.4 is 5.32 Å². The van der Waals surface area contributed by atoms with E-state index < -0.39 is 6.17 Å². The number of halogens is 1. The summed E-state index contributed by atoms with van der Waals surface area (Å²) in [7, 11) is 1.74. The molecular weight excluding hydrogens is 403 g/mol. The lowest BCUT2D eigenvalue weighted by molar-refractivity contribution is -0.127. The van der Waals surface area contributed by atoms with Gasteiger partial charge in [-0.15, -0.1) is 0 Å². The molecule has 6 heteroatoms. The molecule has 3 aliphatic heterocycles. The van der Waals surface area contributed by atoms with Crippen LogP contribution >= 0.6 is 0 Å². The summed E-state index contributed by atoms with van der Waals surface area (Å²) in [5, 5.41) is 2.83. The van der Waals surface area contributed by atoms with E-state index in [0.29, 0.717) is 12.8 Å². The number of piperidine rings is 3. The molecular formula is C26H49FN4O. The molecule has 1 N–H and O–H groups in total. The molecule has 0 saturated carbocycles. The molecule has 5 nitrogen and oxygen atoms in total. The van der Waals surface area contributed by atoms with Crippen LogP contribution in [-0.2, 0) is 4.79 Å². The number of hydrogen-bond donors (Lipinski definition) is 1. The van der Waals surface area contributed by atoms with Crippen molar-refractivity contribution in [3.05, 3.63) is 0 Å². The summed E-state index contributed by atoms with van der Waals surface area (Å²) >= 11 is 0. The van der Waals surface area contributed by atoms with Crippen molar-refractivity contribution in [2.24, 2.45) is 5.92 Å². The number of alkyl halides is 1. The van der Waals surface area contributed by atoms with Crippen molar-refractivity contribution >= 4 is 5.91 Å². The molecule has 3 aliphatic rings. The molecule has 1 atom stereocenters. The summed E-state index contributed by atoms with van der Waals surface area (Å²) in [5.41, 5.74) is -0.0259. The fraction of sp³-hybridized carbons (Fsp3) is 0.962. The Labute approximate surface area is 196 Å². The molecule has 32 heavy (non-hydrogen) atoms. The predicted molar refractivity (Wildman–Crippen MR) is 131 cm³/mol. The third kappa shape index (κ3) is 5.33. The maximum Gasteiger partial charge on any atom is 0.222 e. The molecule has 3 saturated heterocycles. The molecule has 1 amide bonds. The quantitative estimate of drug-likeness (QED) is 0.632. The van der Waals surface area contributed by atoms with Gasteiger partial charge in [0.1, 0.15) is 6.17 Å². The summed E-state index contributed by atoms with van der Waals surface area (Å²) in [6.07, 6.45) is 7.47. The van der Waals surface area contributed by atoms with Crippen LogP contribution in [0.1, 0.15) is 86.0 Å². The lowest BCUT2D eigenvalue weighted by Crippen LogP contribution is -2.71. The van der Waals surface area contributed by atoms with Gasteiger partial charge in [-0.2, -0.15) is 0 Å². The van der Waals surface area contributed by atoms with Crippen molar-refractivity contribution in [2.75, 3.05) is 46.3 Å². The predicted octanol–water partition coefficient (Wildman–Crippen LogP) is 4.07. The van der Waals surface area contributed by atoms with Crippen LogP contribution in [0.2, 0.25) is 0 Å². The molecule has 0 aromatic heterocycles. The summed E-state index contributed by atoms with van der Waals surface area (Å²) in [6, 6.07) is 0. The Morgan fingerprint density at radius 3 is 1.88 bits per heavy atom. The molecule has 0 aliphatic carbocycles. The second-order valence-electron chi connectivity index (χ2n) is 11.9. The van der Waals surface area contributed by atoms with Crippen LogP contribution in [0.4, 0.5) is 4.39 Å². The molecule has 3 fully saturated rings. The van der Waals surface area contributed by atoms with Crippen molar-refractivity contribution < 1.29 is 9.18 Å². The van der Waals surface area contributed by atoms with Crippen LogP contribution in [0.15, 0.2) is 0 Å². The Balaban J connectivity index is 1.80. The van der Waals surface area contributed by atoms with Crippen molar-refractivity contribution in [1.82, 2.24) is 20.0 Å². The fourth-order valence-corrected chi connectivity index (χ4v) is 6.76. The number of amides is 1. The lowest BCUT2D eigenvalue weighted by Gasteiger charge is -2.61. The van der Waals surface area contributed by atoms with E-state index in [2.05, 4.69) is 54.6 Å². The number of carbonyl (C=O) groups excluding carboxylic acids is 1. The molecule has 3 heterocycles. The van der Waals surface area contributed by atoms with Crippen molar-refractivity contribution in [3.63, 3.8) is 0 Å². The maximum atomic E-state index is 14.1. The van der Waals surface area contributed by atoms with Crippen LogP contribution in [-0.4, -0.2) is 89.7 Å². The highest BCUT2D eigenvalue weighted by Gasteiger charge is 2.52. The summed E-state index contributed by atoms with van der Waals surface area (Å²) in [6.45, 7) is 18.1. The van der Waals surface area contributed by atoms with Gasteiger partial charge in [-0.05, 0) is 106 Å². The van der Waals surface area contributed by atoms with Gasteiger partial charge < -0.3 is 5.32 Å². The van der Waals surface area contributed by atoms with Gasteiger partial charge in [0.25, 0.3) is 0 Å². The summed E-state index contributed by atoms with van der Waals surface area (Å²) in [5.74, 6) is 0.333. The van der Waals surface area contributed by atoms with Gasteiger partial charge in [0, 0.05) is 42.7 Å². The lowest BCUT2D eigenvalue weighted by atomic mass is 9.69. The standard InChI is InChI=1S/C26H49FN4O/c1-24(2,29-16-10-21(11-17-29)23(32)28-6)20-26(5,31-18-12-22(27)13-19-31)25(3,4)30-14-8-7-9-15-30/h21-22H,7-20H2,1-6H3,(H,28,32). The average molecular weight is 453 g/mol. The molecule has 3 rings (SSSR count). The van der Waals surface area contributed by atoms with E-state index in [1.165, 1.54) is 32.4 Å². The number of rotatable bonds is 7. The summed E-state index contributed by atoms with van der Waals surface area (Å²) in [4.78, 5) is 20.1. The van der Waals surface area contributed by atoms with Crippen LogP contribution in [0, 0.1) is 5.92 Å². The van der Waals surface area contributed by atoms with Gasteiger partial charge in [0.15, 0.2) is 0 Å².